The molecule has 0 saturated heterocycles. The summed E-state index contributed by atoms with van der Waals surface area (Å²) in [7, 11) is 1.59. The molecule has 0 fully saturated rings. The number of hydrogen-bond donors (Lipinski definition) is 0. The normalized spacial score (nSPS) is 15.5. The third-order valence-corrected chi connectivity index (χ3v) is 4.06. The molecule has 0 N–H and O–H groups in total. The third-order valence-electron chi connectivity index (χ3n) is 3.19. The molecule has 6 heteroatoms. The Kier molecular flexibility index (Phi) is 4.50. The van der Waals surface area contributed by atoms with Gasteiger partial charge in [-0.1, -0.05) is 17.7 Å². The number of carbonyl (C=O) groups is 1. The van der Waals surface area contributed by atoms with Gasteiger partial charge in [-0.15, -0.1) is 0 Å². The molecule has 1 aliphatic rings. The molecule has 0 aliphatic carbocycles. The quantitative estimate of drug-likeness (QED) is 0.572. The van der Waals surface area contributed by atoms with Crippen LogP contribution in [0.15, 0.2) is 57.6 Å². The van der Waals surface area contributed by atoms with E-state index in [2.05, 4.69) is 20.9 Å². The molecule has 2 aromatic carbocycles. The zero-order valence-corrected chi connectivity index (χ0v) is 14.4. The number of aliphatic imine (C=N–C) groups is 1. The van der Waals surface area contributed by atoms with Crippen LogP contribution in [0.25, 0.3) is 6.08 Å². The van der Waals surface area contributed by atoms with E-state index in [1.807, 2.05) is 12.1 Å². The van der Waals surface area contributed by atoms with Gasteiger partial charge in [0, 0.05) is 10.6 Å². The van der Waals surface area contributed by atoms with Crippen LogP contribution in [-0.4, -0.2) is 19.0 Å². The van der Waals surface area contributed by atoms with Gasteiger partial charge in [0.25, 0.3) is 0 Å². The minimum atomic E-state index is -0.484. The lowest BCUT2D eigenvalue weighted by Crippen LogP contribution is -2.05. The predicted molar refractivity (Wildman–Crippen MR) is 92.8 cm³/mol. The first-order chi connectivity index (χ1) is 11.1. The van der Waals surface area contributed by atoms with Gasteiger partial charge in [0.1, 0.15) is 5.75 Å². The fourth-order valence-electron chi connectivity index (χ4n) is 2.06. The lowest BCUT2D eigenvalue weighted by atomic mass is 10.2. The third kappa shape index (κ3) is 3.46. The largest absolute Gasteiger partial charge is 0.496 e. The second kappa shape index (κ2) is 6.56. The molecule has 1 aliphatic heterocycles. The van der Waals surface area contributed by atoms with Crippen molar-refractivity contribution in [2.24, 2.45) is 4.99 Å². The first kappa shape index (κ1) is 15.8. The molecule has 0 saturated carbocycles. The molecular formula is C17H11BrClNO3. The molecule has 116 valence electrons. The summed E-state index contributed by atoms with van der Waals surface area (Å²) in [5.41, 5.74) is 1.75. The van der Waals surface area contributed by atoms with E-state index < -0.39 is 5.97 Å². The van der Waals surface area contributed by atoms with Gasteiger partial charge < -0.3 is 9.47 Å². The summed E-state index contributed by atoms with van der Waals surface area (Å²) in [6.07, 6.45) is 1.66. The first-order valence-corrected chi connectivity index (χ1v) is 7.86. The Hall–Kier alpha value is -2.11. The molecule has 0 spiro atoms. The highest BCUT2D eigenvalue weighted by atomic mass is 79.9. The van der Waals surface area contributed by atoms with Crippen LogP contribution in [0.1, 0.15) is 11.1 Å². The zero-order chi connectivity index (χ0) is 16.4. The number of cyclic esters (lactones) is 1. The zero-order valence-electron chi connectivity index (χ0n) is 12.0. The van der Waals surface area contributed by atoms with Crippen LogP contribution in [0.4, 0.5) is 0 Å². The average molecular weight is 393 g/mol. The number of halogens is 2. The fraction of sp³-hybridized carbons (Fsp3) is 0.0588. The van der Waals surface area contributed by atoms with E-state index in [4.69, 9.17) is 21.1 Å². The molecule has 0 amide bonds. The predicted octanol–water partition coefficient (Wildman–Crippen LogP) is 4.46. The summed E-state index contributed by atoms with van der Waals surface area (Å²) in [5, 5.41) is 0.609. The number of rotatable bonds is 3. The monoisotopic (exact) mass is 391 g/mol. The van der Waals surface area contributed by atoms with Crippen molar-refractivity contribution in [1.29, 1.82) is 0 Å². The topological polar surface area (TPSA) is 47.9 Å². The van der Waals surface area contributed by atoms with E-state index in [-0.39, 0.29) is 11.6 Å². The Morgan fingerprint density at radius 3 is 2.61 bits per heavy atom. The number of nitrogens with zero attached hydrogens (tertiary/aromatic N) is 1. The van der Waals surface area contributed by atoms with Gasteiger partial charge in [-0.05, 0) is 64.0 Å². The first-order valence-electron chi connectivity index (χ1n) is 6.69. The van der Waals surface area contributed by atoms with Crippen LogP contribution in [-0.2, 0) is 9.53 Å². The number of benzene rings is 2. The Bertz CT molecular complexity index is 828. The van der Waals surface area contributed by atoms with Crippen molar-refractivity contribution in [3.8, 4) is 5.75 Å². The molecule has 0 bridgehead atoms. The Labute approximate surface area is 146 Å². The number of esters is 1. The second-order valence-electron chi connectivity index (χ2n) is 4.74. The summed E-state index contributed by atoms with van der Waals surface area (Å²) < 4.78 is 11.2. The van der Waals surface area contributed by atoms with Gasteiger partial charge in [0.15, 0.2) is 5.70 Å². The van der Waals surface area contributed by atoms with Gasteiger partial charge in [0.2, 0.25) is 5.90 Å². The molecule has 0 unspecified atom stereocenters. The molecule has 2 aromatic rings. The molecule has 0 radical (unpaired) electrons. The molecular weight excluding hydrogens is 382 g/mol. The molecule has 0 atom stereocenters. The van der Waals surface area contributed by atoms with Gasteiger partial charge in [0.05, 0.1) is 11.6 Å². The van der Waals surface area contributed by atoms with Crippen LogP contribution >= 0.6 is 27.5 Å². The van der Waals surface area contributed by atoms with Crippen LogP contribution in [0.3, 0.4) is 0 Å². The number of carbonyl (C=O) groups excluding carboxylic acids is 1. The van der Waals surface area contributed by atoms with Crippen molar-refractivity contribution >= 4 is 45.5 Å². The summed E-state index contributed by atoms with van der Waals surface area (Å²) in [6.45, 7) is 0. The van der Waals surface area contributed by atoms with Crippen LogP contribution in [0, 0.1) is 0 Å². The van der Waals surface area contributed by atoms with Crippen molar-refractivity contribution in [3.05, 3.63) is 68.8 Å². The van der Waals surface area contributed by atoms with E-state index in [1.165, 1.54) is 0 Å². The minimum Gasteiger partial charge on any atom is -0.496 e. The summed E-state index contributed by atoms with van der Waals surface area (Å²) in [4.78, 5) is 16.2. The maximum absolute atomic E-state index is 12.0. The van der Waals surface area contributed by atoms with E-state index in [0.717, 1.165) is 10.0 Å². The van der Waals surface area contributed by atoms with Crippen molar-refractivity contribution < 1.29 is 14.3 Å². The molecule has 0 aromatic heterocycles. The Balaban J connectivity index is 1.91. The van der Waals surface area contributed by atoms with Gasteiger partial charge >= 0.3 is 5.97 Å². The van der Waals surface area contributed by atoms with Crippen molar-refractivity contribution in [2.45, 2.75) is 0 Å². The van der Waals surface area contributed by atoms with Gasteiger partial charge in [-0.3, -0.25) is 0 Å². The van der Waals surface area contributed by atoms with Crippen molar-refractivity contribution in [2.75, 3.05) is 7.11 Å². The second-order valence-corrected chi connectivity index (χ2v) is 6.03. The number of hydrogen-bond acceptors (Lipinski definition) is 4. The van der Waals surface area contributed by atoms with Gasteiger partial charge in [-0.25, -0.2) is 9.79 Å². The highest BCUT2D eigenvalue weighted by molar-refractivity contribution is 9.10. The van der Waals surface area contributed by atoms with E-state index >= 15 is 0 Å². The van der Waals surface area contributed by atoms with E-state index in [0.29, 0.717) is 16.3 Å². The van der Waals surface area contributed by atoms with Crippen LogP contribution < -0.4 is 4.74 Å². The molecule has 4 nitrogen and oxygen atoms in total. The lowest BCUT2D eigenvalue weighted by molar-refractivity contribution is -0.129. The molecule has 1 heterocycles. The number of methoxy groups -OCH3 is 1. The maximum atomic E-state index is 12.0. The maximum Gasteiger partial charge on any atom is 0.363 e. The standard InChI is InChI=1S/C17H11BrClNO3/c1-22-15-7-2-10(8-13(15)18)9-14-17(21)23-16(20-14)11-3-5-12(19)6-4-11/h2-9H,1H3/b14-9+. The minimum absolute atomic E-state index is 0.243. The highest BCUT2D eigenvalue weighted by Crippen LogP contribution is 2.27. The highest BCUT2D eigenvalue weighted by Gasteiger charge is 2.24. The Morgan fingerprint density at radius 2 is 1.96 bits per heavy atom. The smallest absolute Gasteiger partial charge is 0.363 e. The SMILES string of the molecule is COc1ccc(/C=C2/N=C(c3ccc(Cl)cc3)OC2=O)cc1Br. The van der Waals surface area contributed by atoms with Crippen molar-refractivity contribution in [3.63, 3.8) is 0 Å². The average Bonchev–Trinajstić information content (AvgIpc) is 2.89. The van der Waals surface area contributed by atoms with Crippen LogP contribution in [0.2, 0.25) is 5.02 Å². The molecule has 23 heavy (non-hydrogen) atoms. The van der Waals surface area contributed by atoms with Crippen LogP contribution in [0.5, 0.6) is 5.75 Å². The van der Waals surface area contributed by atoms with Crippen molar-refractivity contribution in [1.82, 2.24) is 0 Å². The lowest BCUT2D eigenvalue weighted by Gasteiger charge is -2.03. The summed E-state index contributed by atoms with van der Waals surface area (Å²) >= 11 is 9.26. The van der Waals surface area contributed by atoms with E-state index in [9.17, 15) is 4.79 Å². The van der Waals surface area contributed by atoms with E-state index in [1.54, 1.807) is 43.5 Å². The summed E-state index contributed by atoms with van der Waals surface area (Å²) in [5.74, 6) is 0.499. The fourth-order valence-corrected chi connectivity index (χ4v) is 2.74. The summed E-state index contributed by atoms with van der Waals surface area (Å²) in [6, 6.07) is 12.4. The van der Waals surface area contributed by atoms with Gasteiger partial charge in [-0.2, -0.15) is 0 Å². The number of ether oxygens (including phenoxy) is 2. The molecule has 3 rings (SSSR count). The Morgan fingerprint density at radius 1 is 1.22 bits per heavy atom.